The molecule has 2 aromatic carbocycles. The van der Waals surface area contributed by atoms with Gasteiger partial charge >= 0.3 is 0 Å². The van der Waals surface area contributed by atoms with Gasteiger partial charge in [0.1, 0.15) is 18.5 Å². The summed E-state index contributed by atoms with van der Waals surface area (Å²) in [5.74, 6) is 0.792. The first-order chi connectivity index (χ1) is 13.3. The third kappa shape index (κ3) is 3.69. The number of para-hydroxylation sites is 1. The van der Waals surface area contributed by atoms with Gasteiger partial charge in [-0.15, -0.1) is 0 Å². The van der Waals surface area contributed by atoms with Gasteiger partial charge in [-0.25, -0.2) is 0 Å². The van der Waals surface area contributed by atoms with Gasteiger partial charge in [-0.3, -0.25) is 4.79 Å². The molecule has 5 heteroatoms. The van der Waals surface area contributed by atoms with Gasteiger partial charge in [0.05, 0.1) is 11.7 Å². The number of benzene rings is 2. The quantitative estimate of drug-likeness (QED) is 0.787. The predicted octanol–water partition coefficient (Wildman–Crippen LogP) is 4.00. The summed E-state index contributed by atoms with van der Waals surface area (Å²) in [7, 11) is 0. The summed E-state index contributed by atoms with van der Waals surface area (Å²) in [5, 5.41) is 3.52. The standard InChI is InChI=1S/C22H24N2O3/c1-2-12-26-17-8-5-7-16(14-17)21-23-20-11-4-3-10-19(20)22(25)24(21)15-18-9-6-13-27-18/h2-5,7-8,10-11,14,18,21,23H,1,6,9,12-13,15H2/t18-,21-/m1/s1. The van der Waals surface area contributed by atoms with Gasteiger partial charge in [-0.05, 0) is 42.7 Å². The van der Waals surface area contributed by atoms with E-state index >= 15 is 0 Å². The summed E-state index contributed by atoms with van der Waals surface area (Å²) in [6.45, 7) is 5.48. The molecular weight excluding hydrogens is 340 g/mol. The molecular formula is C22H24N2O3. The monoisotopic (exact) mass is 364 g/mol. The van der Waals surface area contributed by atoms with Crippen LogP contribution in [0.4, 0.5) is 5.69 Å². The van der Waals surface area contributed by atoms with Crippen LogP contribution in [-0.2, 0) is 4.74 Å². The number of rotatable bonds is 6. The molecule has 0 radical (unpaired) electrons. The maximum atomic E-state index is 13.2. The first-order valence-corrected chi connectivity index (χ1v) is 9.38. The Labute approximate surface area is 159 Å². The zero-order chi connectivity index (χ0) is 18.6. The van der Waals surface area contributed by atoms with Crippen LogP contribution >= 0.6 is 0 Å². The zero-order valence-electron chi connectivity index (χ0n) is 15.3. The van der Waals surface area contributed by atoms with Crippen LogP contribution in [0.2, 0.25) is 0 Å². The second-order valence-corrected chi connectivity index (χ2v) is 6.86. The van der Waals surface area contributed by atoms with Crippen molar-refractivity contribution in [2.24, 2.45) is 0 Å². The number of carbonyl (C=O) groups is 1. The maximum Gasteiger partial charge on any atom is 0.257 e. The van der Waals surface area contributed by atoms with Gasteiger partial charge < -0.3 is 19.7 Å². The lowest BCUT2D eigenvalue weighted by Crippen LogP contribution is -2.46. The Morgan fingerprint density at radius 1 is 1.26 bits per heavy atom. The topological polar surface area (TPSA) is 50.8 Å². The molecule has 140 valence electrons. The molecule has 1 N–H and O–H groups in total. The van der Waals surface area contributed by atoms with Crippen molar-refractivity contribution >= 4 is 11.6 Å². The number of nitrogens with one attached hydrogen (secondary N) is 1. The molecule has 0 saturated carbocycles. The molecule has 0 bridgehead atoms. The highest BCUT2D eigenvalue weighted by atomic mass is 16.5. The van der Waals surface area contributed by atoms with E-state index < -0.39 is 0 Å². The summed E-state index contributed by atoms with van der Waals surface area (Å²) in [4.78, 5) is 15.1. The van der Waals surface area contributed by atoms with Gasteiger partial charge in [0, 0.05) is 18.8 Å². The Morgan fingerprint density at radius 3 is 2.96 bits per heavy atom. The Hall–Kier alpha value is -2.79. The van der Waals surface area contributed by atoms with E-state index in [1.54, 1.807) is 6.08 Å². The number of carbonyl (C=O) groups excluding carboxylic acids is 1. The fraction of sp³-hybridized carbons (Fsp3) is 0.318. The van der Waals surface area contributed by atoms with Crippen LogP contribution < -0.4 is 10.1 Å². The van der Waals surface area contributed by atoms with E-state index in [1.165, 1.54) is 0 Å². The van der Waals surface area contributed by atoms with Crippen LogP contribution in [0.15, 0.2) is 61.2 Å². The van der Waals surface area contributed by atoms with Crippen LogP contribution in [0, 0.1) is 0 Å². The lowest BCUT2D eigenvalue weighted by atomic mass is 10.0. The molecule has 1 saturated heterocycles. The van der Waals surface area contributed by atoms with Crippen LogP contribution in [-0.4, -0.2) is 36.7 Å². The molecule has 2 aliphatic heterocycles. The average Bonchev–Trinajstić information content (AvgIpc) is 3.22. The molecule has 0 aromatic heterocycles. The molecule has 1 amide bonds. The minimum atomic E-state index is -0.260. The van der Waals surface area contributed by atoms with Crippen LogP contribution in [0.25, 0.3) is 0 Å². The lowest BCUT2D eigenvalue weighted by molar-refractivity contribution is 0.0426. The van der Waals surface area contributed by atoms with Crippen molar-refractivity contribution in [2.45, 2.75) is 25.1 Å². The minimum Gasteiger partial charge on any atom is -0.490 e. The van der Waals surface area contributed by atoms with Crippen molar-refractivity contribution in [3.63, 3.8) is 0 Å². The molecule has 2 atom stereocenters. The first kappa shape index (κ1) is 17.6. The fourth-order valence-electron chi connectivity index (χ4n) is 3.68. The Bertz CT molecular complexity index is 830. The highest BCUT2D eigenvalue weighted by molar-refractivity contribution is 6.01. The maximum absolute atomic E-state index is 13.2. The smallest absolute Gasteiger partial charge is 0.257 e. The molecule has 4 rings (SSSR count). The van der Waals surface area contributed by atoms with E-state index in [-0.39, 0.29) is 18.2 Å². The second-order valence-electron chi connectivity index (χ2n) is 6.86. The van der Waals surface area contributed by atoms with Crippen LogP contribution in [0.5, 0.6) is 5.75 Å². The van der Waals surface area contributed by atoms with Crippen molar-refractivity contribution < 1.29 is 14.3 Å². The van der Waals surface area contributed by atoms with E-state index in [0.717, 1.165) is 36.4 Å². The Kier molecular flexibility index (Phi) is 5.12. The highest BCUT2D eigenvalue weighted by Gasteiger charge is 2.35. The van der Waals surface area contributed by atoms with Gasteiger partial charge in [-0.2, -0.15) is 0 Å². The van der Waals surface area contributed by atoms with Crippen LogP contribution in [0.1, 0.15) is 34.9 Å². The number of hydrogen-bond acceptors (Lipinski definition) is 4. The molecule has 0 unspecified atom stereocenters. The number of ether oxygens (including phenoxy) is 2. The van der Waals surface area contributed by atoms with Crippen molar-refractivity contribution in [2.75, 3.05) is 25.1 Å². The largest absolute Gasteiger partial charge is 0.490 e. The van der Waals surface area contributed by atoms with Crippen LogP contribution in [0.3, 0.4) is 0 Å². The highest BCUT2D eigenvalue weighted by Crippen LogP contribution is 2.35. The second kappa shape index (κ2) is 7.84. The molecule has 1 fully saturated rings. The van der Waals surface area contributed by atoms with E-state index in [4.69, 9.17) is 9.47 Å². The van der Waals surface area contributed by atoms with E-state index in [2.05, 4.69) is 11.9 Å². The third-order valence-electron chi connectivity index (χ3n) is 4.99. The molecule has 2 aromatic rings. The molecule has 2 heterocycles. The van der Waals surface area contributed by atoms with Crippen molar-refractivity contribution in [1.82, 2.24) is 4.90 Å². The molecule has 2 aliphatic rings. The average molecular weight is 364 g/mol. The molecule has 0 aliphatic carbocycles. The SMILES string of the molecule is C=CCOc1cccc([C@@H]2Nc3ccccc3C(=O)N2C[C@H]2CCCO2)c1. The zero-order valence-corrected chi connectivity index (χ0v) is 15.3. The summed E-state index contributed by atoms with van der Waals surface area (Å²) >= 11 is 0. The Balaban J connectivity index is 1.67. The summed E-state index contributed by atoms with van der Waals surface area (Å²) in [6, 6.07) is 15.5. The van der Waals surface area contributed by atoms with Gasteiger partial charge in [0.15, 0.2) is 0 Å². The fourth-order valence-corrected chi connectivity index (χ4v) is 3.68. The summed E-state index contributed by atoms with van der Waals surface area (Å²) in [6.07, 6.45) is 3.58. The number of amides is 1. The number of anilines is 1. The Morgan fingerprint density at radius 2 is 2.15 bits per heavy atom. The van der Waals surface area contributed by atoms with Crippen molar-refractivity contribution in [3.05, 3.63) is 72.3 Å². The summed E-state index contributed by atoms with van der Waals surface area (Å²) < 4.78 is 11.5. The molecule has 0 spiro atoms. The summed E-state index contributed by atoms with van der Waals surface area (Å²) in [5.41, 5.74) is 2.54. The lowest BCUT2D eigenvalue weighted by Gasteiger charge is -2.39. The number of fused-ring (bicyclic) bond motifs is 1. The van der Waals surface area contributed by atoms with Gasteiger partial charge in [0.2, 0.25) is 0 Å². The van der Waals surface area contributed by atoms with Crippen molar-refractivity contribution in [3.8, 4) is 5.75 Å². The minimum absolute atomic E-state index is 0.0299. The molecule has 27 heavy (non-hydrogen) atoms. The van der Waals surface area contributed by atoms with Gasteiger partial charge in [-0.1, -0.05) is 36.9 Å². The van der Waals surface area contributed by atoms with Gasteiger partial charge in [0.25, 0.3) is 5.91 Å². The van der Waals surface area contributed by atoms with E-state index in [0.29, 0.717) is 18.7 Å². The number of nitrogens with zero attached hydrogens (tertiary/aromatic N) is 1. The normalized spacial score (nSPS) is 21.5. The molecule has 5 nitrogen and oxygen atoms in total. The first-order valence-electron chi connectivity index (χ1n) is 9.38. The number of hydrogen-bond donors (Lipinski definition) is 1. The third-order valence-corrected chi connectivity index (χ3v) is 4.99. The van der Waals surface area contributed by atoms with Crippen molar-refractivity contribution in [1.29, 1.82) is 0 Å². The van der Waals surface area contributed by atoms with E-state index in [9.17, 15) is 4.79 Å². The predicted molar refractivity (Wildman–Crippen MR) is 105 cm³/mol. The van der Waals surface area contributed by atoms with E-state index in [1.807, 2.05) is 53.4 Å².